The third-order valence-electron chi connectivity index (χ3n) is 3.87. The number of fused-ring (bicyclic) bond motifs is 2. The average Bonchev–Trinajstić information content (AvgIpc) is 2.63. The molecule has 2 nitrogen and oxygen atoms in total. The fraction of sp³-hybridized carbons (Fsp3) is 0.462. The van der Waals surface area contributed by atoms with Crippen molar-refractivity contribution >= 4 is 5.69 Å². The van der Waals surface area contributed by atoms with E-state index < -0.39 is 0 Å². The highest BCUT2D eigenvalue weighted by atomic mass is 15.1. The van der Waals surface area contributed by atoms with Gasteiger partial charge >= 0.3 is 0 Å². The lowest BCUT2D eigenvalue weighted by atomic mass is 9.74. The van der Waals surface area contributed by atoms with Gasteiger partial charge in [0.2, 0.25) is 0 Å². The molecule has 2 aliphatic rings. The van der Waals surface area contributed by atoms with Gasteiger partial charge in [-0.05, 0) is 37.6 Å². The number of para-hydroxylation sites is 1. The first-order chi connectivity index (χ1) is 7.30. The van der Waals surface area contributed by atoms with E-state index in [4.69, 9.17) is 7.05 Å². The average molecular weight is 200 g/mol. The summed E-state index contributed by atoms with van der Waals surface area (Å²) in [7, 11) is 5.82. The molecule has 0 aromatic heterocycles. The highest BCUT2D eigenvalue weighted by molar-refractivity contribution is 5.60. The fourth-order valence-electron chi connectivity index (χ4n) is 2.86. The van der Waals surface area contributed by atoms with Crippen molar-refractivity contribution in [2.45, 2.75) is 18.3 Å². The fourth-order valence-corrected chi connectivity index (χ4v) is 2.86. The van der Waals surface area contributed by atoms with Gasteiger partial charge in [-0.1, -0.05) is 18.2 Å². The molecule has 2 heteroatoms. The molecule has 15 heavy (non-hydrogen) atoms. The lowest BCUT2D eigenvalue weighted by Gasteiger charge is -2.37. The Morgan fingerprint density at radius 2 is 1.93 bits per heavy atom. The van der Waals surface area contributed by atoms with E-state index in [-0.39, 0.29) is 0 Å². The van der Waals surface area contributed by atoms with Crippen molar-refractivity contribution in [1.29, 1.82) is 0 Å². The summed E-state index contributed by atoms with van der Waals surface area (Å²) in [6.07, 6.45) is 2.35. The summed E-state index contributed by atoms with van der Waals surface area (Å²) in [5.74, 6) is 0. The highest BCUT2D eigenvalue weighted by Gasteiger charge is 2.40. The summed E-state index contributed by atoms with van der Waals surface area (Å²) in [6, 6.07) is 8.69. The molecule has 0 atom stereocenters. The van der Waals surface area contributed by atoms with Crippen LogP contribution in [0.25, 0.3) is 0 Å². The molecule has 0 amide bonds. The summed E-state index contributed by atoms with van der Waals surface area (Å²) >= 11 is 0. The zero-order chi connectivity index (χ0) is 10.3. The van der Waals surface area contributed by atoms with E-state index in [1.54, 1.807) is 0 Å². The topological polar surface area (TPSA) is 15.3 Å². The van der Waals surface area contributed by atoms with E-state index in [0.29, 0.717) is 5.41 Å². The van der Waals surface area contributed by atoms with Crippen molar-refractivity contribution in [3.63, 3.8) is 0 Å². The van der Waals surface area contributed by atoms with Gasteiger partial charge in [0.25, 0.3) is 0 Å². The number of benzene rings is 1. The van der Waals surface area contributed by atoms with Crippen LogP contribution in [-0.4, -0.2) is 24.5 Å². The van der Waals surface area contributed by atoms with Gasteiger partial charge in [0.15, 0.2) is 0 Å². The van der Waals surface area contributed by atoms with Gasteiger partial charge in [-0.2, -0.15) is 0 Å². The van der Waals surface area contributed by atoms with Crippen LogP contribution in [0.1, 0.15) is 18.4 Å². The predicted octanol–water partition coefficient (Wildman–Crippen LogP) is 2.11. The largest absolute Gasteiger partial charge is 0.384 e. The van der Waals surface area contributed by atoms with Crippen molar-refractivity contribution in [2.24, 2.45) is 0 Å². The van der Waals surface area contributed by atoms with Crippen molar-refractivity contribution in [2.75, 3.05) is 25.0 Å². The summed E-state index contributed by atoms with van der Waals surface area (Å²) in [5, 5.41) is 3.52. The molecule has 2 heterocycles. The first kappa shape index (κ1) is 9.22. The van der Waals surface area contributed by atoms with Crippen molar-refractivity contribution in [3.05, 3.63) is 36.9 Å². The molecule has 1 aromatic rings. The smallest absolute Gasteiger partial charge is 0.0438 e. The number of nitrogens with one attached hydrogen (secondary N) is 1. The quantitative estimate of drug-likeness (QED) is 0.690. The predicted molar refractivity (Wildman–Crippen MR) is 61.7 cm³/mol. The number of likely N-dealkylation sites (tertiary alicyclic amines) is 1. The van der Waals surface area contributed by atoms with Crippen molar-refractivity contribution in [1.82, 2.24) is 4.90 Å². The Morgan fingerprint density at radius 3 is 2.73 bits per heavy atom. The molecule has 1 aromatic carbocycles. The molecule has 0 bridgehead atoms. The van der Waals surface area contributed by atoms with Crippen LogP contribution in [0.4, 0.5) is 5.69 Å². The molecule has 0 saturated carbocycles. The summed E-state index contributed by atoms with van der Waals surface area (Å²) < 4.78 is 0. The molecule has 1 spiro atoms. The van der Waals surface area contributed by atoms with Crippen LogP contribution in [0.2, 0.25) is 0 Å². The van der Waals surface area contributed by atoms with Crippen LogP contribution in [0.3, 0.4) is 0 Å². The maximum absolute atomic E-state index is 5.82. The van der Waals surface area contributed by atoms with Crippen LogP contribution < -0.4 is 5.32 Å². The second-order valence-corrected chi connectivity index (χ2v) is 4.72. The van der Waals surface area contributed by atoms with E-state index in [1.807, 2.05) is 4.90 Å². The zero-order valence-electron chi connectivity index (χ0n) is 8.87. The Hall–Kier alpha value is -1.02. The summed E-state index contributed by atoms with van der Waals surface area (Å²) in [6.45, 7) is 3.10. The Bertz CT molecular complexity index is 365. The van der Waals surface area contributed by atoms with E-state index in [1.165, 1.54) is 24.1 Å². The Morgan fingerprint density at radius 1 is 1.20 bits per heavy atom. The van der Waals surface area contributed by atoms with E-state index in [0.717, 1.165) is 19.6 Å². The number of hydrogen-bond acceptors (Lipinski definition) is 2. The normalized spacial score (nSPS) is 23.8. The standard InChI is InChI=1S/C13H16N2/c1-15-8-6-13(7-9-15)10-14-12-5-3-2-4-11(12)13/h1-5,14H,6-10H2. The maximum atomic E-state index is 5.82. The minimum absolute atomic E-state index is 0.354. The van der Waals surface area contributed by atoms with Crippen LogP contribution >= 0.6 is 0 Å². The number of hydrogen-bond donors (Lipinski definition) is 1. The van der Waals surface area contributed by atoms with E-state index >= 15 is 0 Å². The number of rotatable bonds is 0. The van der Waals surface area contributed by atoms with Crippen LogP contribution in [-0.2, 0) is 5.41 Å². The molecule has 3 rings (SSSR count). The Kier molecular flexibility index (Phi) is 1.99. The monoisotopic (exact) mass is 200 g/mol. The molecule has 0 aliphatic carbocycles. The van der Waals surface area contributed by atoms with Gasteiger partial charge in [-0.15, -0.1) is 0 Å². The molecule has 0 unspecified atom stereocenters. The molecule has 78 valence electrons. The van der Waals surface area contributed by atoms with Gasteiger partial charge in [-0.3, -0.25) is 4.90 Å². The second kappa shape index (κ2) is 3.24. The van der Waals surface area contributed by atoms with Gasteiger partial charge in [-0.25, -0.2) is 0 Å². The van der Waals surface area contributed by atoms with Crippen LogP contribution in [0, 0.1) is 7.05 Å². The third-order valence-corrected chi connectivity index (χ3v) is 3.87. The van der Waals surface area contributed by atoms with Crippen molar-refractivity contribution in [3.8, 4) is 0 Å². The molecular formula is C13H16N2. The Balaban J connectivity index is 1.95. The summed E-state index contributed by atoms with van der Waals surface area (Å²) in [5.41, 5.74) is 3.17. The minimum atomic E-state index is 0.354. The first-order valence-corrected chi connectivity index (χ1v) is 5.63. The summed E-state index contributed by atoms with van der Waals surface area (Å²) in [4.78, 5) is 1.94. The van der Waals surface area contributed by atoms with E-state index in [2.05, 4.69) is 29.6 Å². The molecule has 2 radical (unpaired) electrons. The SMILES string of the molecule is [CH]N1CCC2(CC1)CNc1ccccc12. The Labute approximate surface area is 91.3 Å². The highest BCUT2D eigenvalue weighted by Crippen LogP contribution is 2.43. The third kappa shape index (κ3) is 1.36. The molecule has 1 N–H and O–H groups in total. The van der Waals surface area contributed by atoms with Gasteiger partial charge < -0.3 is 5.32 Å². The maximum Gasteiger partial charge on any atom is 0.0438 e. The van der Waals surface area contributed by atoms with Crippen molar-refractivity contribution < 1.29 is 0 Å². The van der Waals surface area contributed by atoms with Gasteiger partial charge in [0, 0.05) is 24.7 Å². The molecule has 2 aliphatic heterocycles. The number of nitrogens with zero attached hydrogens (tertiary/aromatic N) is 1. The first-order valence-electron chi connectivity index (χ1n) is 5.63. The molecular weight excluding hydrogens is 184 g/mol. The zero-order valence-corrected chi connectivity index (χ0v) is 8.87. The lowest BCUT2D eigenvalue weighted by molar-refractivity contribution is 0.218. The van der Waals surface area contributed by atoms with Gasteiger partial charge in [0.1, 0.15) is 0 Å². The molecule has 1 saturated heterocycles. The minimum Gasteiger partial charge on any atom is -0.384 e. The van der Waals surface area contributed by atoms with E-state index in [9.17, 15) is 0 Å². The van der Waals surface area contributed by atoms with Crippen LogP contribution in [0.15, 0.2) is 24.3 Å². The van der Waals surface area contributed by atoms with Gasteiger partial charge in [0.05, 0.1) is 0 Å². The lowest BCUT2D eigenvalue weighted by Crippen LogP contribution is -2.41. The second-order valence-electron chi connectivity index (χ2n) is 4.72. The van der Waals surface area contributed by atoms with Crippen LogP contribution in [0.5, 0.6) is 0 Å². The number of anilines is 1. The number of piperidine rings is 1. The molecule has 1 fully saturated rings.